The molecule has 4 rings (SSSR count). The second kappa shape index (κ2) is 6.55. The van der Waals surface area contributed by atoms with Gasteiger partial charge in [0.15, 0.2) is 0 Å². The third kappa shape index (κ3) is 3.20. The smallest absolute Gasteiger partial charge is 0.140 e. The van der Waals surface area contributed by atoms with Crippen molar-refractivity contribution in [2.24, 2.45) is 0 Å². The summed E-state index contributed by atoms with van der Waals surface area (Å²) in [5.41, 5.74) is 7.87. The molecule has 128 valence electrons. The predicted molar refractivity (Wildman–Crippen MR) is 96.8 cm³/mol. The quantitative estimate of drug-likeness (QED) is 0.794. The Morgan fingerprint density at radius 3 is 2.48 bits per heavy atom. The summed E-state index contributed by atoms with van der Waals surface area (Å²) in [7, 11) is 0. The first-order valence-corrected chi connectivity index (χ1v) is 8.46. The maximum absolute atomic E-state index is 13.1. The van der Waals surface area contributed by atoms with Crippen LogP contribution in [0.5, 0.6) is 0 Å². The number of halogens is 1. The fourth-order valence-corrected chi connectivity index (χ4v) is 3.47. The zero-order chi connectivity index (χ0) is 17.2. The number of hydrogen-bond donors (Lipinski definition) is 1. The van der Waals surface area contributed by atoms with Gasteiger partial charge in [-0.05, 0) is 49.2 Å². The van der Waals surface area contributed by atoms with Crippen LogP contribution in [0.25, 0.3) is 11.4 Å². The molecule has 0 amide bonds. The Balaban J connectivity index is 1.50. The topological polar surface area (TPSA) is 60.0 Å². The first-order valence-electron chi connectivity index (χ1n) is 8.46. The highest BCUT2D eigenvalue weighted by Crippen LogP contribution is 2.30. The molecule has 1 saturated heterocycles. The van der Waals surface area contributed by atoms with Crippen LogP contribution in [0.15, 0.2) is 55.0 Å². The van der Waals surface area contributed by atoms with E-state index in [1.54, 1.807) is 6.20 Å². The highest BCUT2D eigenvalue weighted by atomic mass is 19.1. The van der Waals surface area contributed by atoms with Crippen LogP contribution in [0.1, 0.15) is 18.9 Å². The molecule has 0 atom stereocenters. The molecule has 3 aromatic rings. The van der Waals surface area contributed by atoms with Gasteiger partial charge in [0.05, 0.1) is 0 Å². The molecule has 2 N–H and O–H groups in total. The van der Waals surface area contributed by atoms with Gasteiger partial charge >= 0.3 is 0 Å². The van der Waals surface area contributed by atoms with Crippen LogP contribution in [-0.4, -0.2) is 27.6 Å². The van der Waals surface area contributed by atoms with Gasteiger partial charge < -0.3 is 15.2 Å². The fourth-order valence-electron chi connectivity index (χ4n) is 3.47. The number of nitrogen functional groups attached to an aromatic ring is 1. The Morgan fingerprint density at radius 2 is 1.76 bits per heavy atom. The van der Waals surface area contributed by atoms with Crippen LogP contribution in [-0.2, 0) is 0 Å². The molecular weight excluding hydrogens is 317 g/mol. The number of rotatable bonds is 3. The van der Waals surface area contributed by atoms with Crippen LogP contribution in [0.3, 0.4) is 0 Å². The Bertz CT molecular complexity index is 850. The molecule has 1 aliphatic rings. The fraction of sp³-hybridized carbons (Fsp3) is 0.263. The Kier molecular flexibility index (Phi) is 4.09. The minimum absolute atomic E-state index is 0.196. The molecule has 6 heteroatoms. The normalized spacial score (nSPS) is 15.5. The van der Waals surface area contributed by atoms with E-state index in [2.05, 4.69) is 19.4 Å². The van der Waals surface area contributed by atoms with E-state index in [9.17, 15) is 4.39 Å². The first-order chi connectivity index (χ1) is 12.2. The van der Waals surface area contributed by atoms with Crippen molar-refractivity contribution in [3.05, 3.63) is 60.8 Å². The lowest BCUT2D eigenvalue weighted by Gasteiger charge is -2.34. The van der Waals surface area contributed by atoms with Gasteiger partial charge in [0.25, 0.3) is 0 Å². The Labute approximate surface area is 145 Å². The van der Waals surface area contributed by atoms with Gasteiger partial charge in [-0.2, -0.15) is 0 Å². The van der Waals surface area contributed by atoms with E-state index < -0.39 is 0 Å². The van der Waals surface area contributed by atoms with Gasteiger partial charge in [-0.3, -0.25) is 0 Å². The van der Waals surface area contributed by atoms with Crippen LogP contribution in [0, 0.1) is 5.82 Å². The van der Waals surface area contributed by atoms with Crippen LogP contribution >= 0.6 is 0 Å². The zero-order valence-electron chi connectivity index (χ0n) is 13.8. The second-order valence-electron chi connectivity index (χ2n) is 6.32. The molecule has 1 fully saturated rings. The summed E-state index contributed by atoms with van der Waals surface area (Å²) in [4.78, 5) is 10.9. The van der Waals surface area contributed by atoms with Gasteiger partial charge in [-0.25, -0.2) is 14.4 Å². The third-order valence-corrected chi connectivity index (χ3v) is 4.76. The SMILES string of the molecule is Nc1cc(-c2nccn2C2CCN(c3ccc(F)cc3)CC2)ccn1. The molecule has 3 heterocycles. The molecule has 2 aromatic heterocycles. The molecular formula is C19H20FN5. The van der Waals surface area contributed by atoms with Gasteiger partial charge in [0.1, 0.15) is 17.5 Å². The van der Waals surface area contributed by atoms with E-state index in [0.29, 0.717) is 11.9 Å². The number of benzene rings is 1. The summed E-state index contributed by atoms with van der Waals surface area (Å²) in [6.07, 6.45) is 7.60. The van der Waals surface area contributed by atoms with E-state index in [1.165, 1.54) is 12.1 Å². The number of anilines is 2. The predicted octanol–water partition coefficient (Wildman–Crippen LogP) is 3.51. The highest BCUT2D eigenvalue weighted by molar-refractivity contribution is 5.59. The van der Waals surface area contributed by atoms with Crippen molar-refractivity contribution in [1.29, 1.82) is 0 Å². The van der Waals surface area contributed by atoms with Gasteiger partial charge in [0.2, 0.25) is 0 Å². The van der Waals surface area contributed by atoms with Crippen molar-refractivity contribution in [3.8, 4) is 11.4 Å². The van der Waals surface area contributed by atoms with E-state index in [-0.39, 0.29) is 5.82 Å². The number of imidazole rings is 1. The Hall–Kier alpha value is -2.89. The maximum Gasteiger partial charge on any atom is 0.140 e. The van der Waals surface area contributed by atoms with Crippen LogP contribution in [0.4, 0.5) is 15.9 Å². The van der Waals surface area contributed by atoms with Gasteiger partial charge in [-0.1, -0.05) is 0 Å². The third-order valence-electron chi connectivity index (χ3n) is 4.76. The van der Waals surface area contributed by atoms with Crippen LogP contribution in [0.2, 0.25) is 0 Å². The minimum atomic E-state index is -0.196. The van der Waals surface area contributed by atoms with E-state index in [4.69, 9.17) is 5.73 Å². The van der Waals surface area contributed by atoms with Gasteiger partial charge in [0, 0.05) is 49.0 Å². The first kappa shape index (κ1) is 15.6. The standard InChI is InChI=1S/C19H20FN5/c20-15-1-3-16(4-2-15)24-10-6-17(7-11-24)25-12-9-23-19(25)14-5-8-22-18(21)13-14/h1-5,8-9,12-13,17H,6-7,10-11H2,(H2,21,22). The van der Waals surface area contributed by atoms with Crippen molar-refractivity contribution in [3.63, 3.8) is 0 Å². The number of aromatic nitrogens is 3. The average molecular weight is 337 g/mol. The molecule has 0 saturated carbocycles. The highest BCUT2D eigenvalue weighted by Gasteiger charge is 2.23. The van der Waals surface area contributed by atoms with E-state index in [1.807, 2.05) is 36.7 Å². The number of hydrogen-bond acceptors (Lipinski definition) is 4. The number of nitrogens with zero attached hydrogens (tertiary/aromatic N) is 4. The number of piperidine rings is 1. The molecule has 0 radical (unpaired) electrons. The van der Waals surface area contributed by atoms with E-state index >= 15 is 0 Å². The molecule has 25 heavy (non-hydrogen) atoms. The molecule has 1 aromatic carbocycles. The monoisotopic (exact) mass is 337 g/mol. The molecule has 5 nitrogen and oxygen atoms in total. The minimum Gasteiger partial charge on any atom is -0.384 e. The number of nitrogens with two attached hydrogens (primary N) is 1. The average Bonchev–Trinajstić information content (AvgIpc) is 3.12. The van der Waals surface area contributed by atoms with Crippen molar-refractivity contribution in [2.75, 3.05) is 23.7 Å². The largest absolute Gasteiger partial charge is 0.384 e. The molecule has 1 aliphatic heterocycles. The van der Waals surface area contributed by atoms with Crippen molar-refractivity contribution in [2.45, 2.75) is 18.9 Å². The van der Waals surface area contributed by atoms with E-state index in [0.717, 1.165) is 43.0 Å². The lowest BCUT2D eigenvalue weighted by Crippen LogP contribution is -2.34. The lowest BCUT2D eigenvalue weighted by atomic mass is 10.0. The summed E-state index contributed by atoms with van der Waals surface area (Å²) in [6, 6.07) is 10.9. The van der Waals surface area contributed by atoms with Crippen molar-refractivity contribution < 1.29 is 4.39 Å². The zero-order valence-corrected chi connectivity index (χ0v) is 13.8. The summed E-state index contributed by atoms with van der Waals surface area (Å²) >= 11 is 0. The van der Waals surface area contributed by atoms with Gasteiger partial charge in [-0.15, -0.1) is 0 Å². The maximum atomic E-state index is 13.1. The van der Waals surface area contributed by atoms with Crippen molar-refractivity contribution in [1.82, 2.24) is 14.5 Å². The summed E-state index contributed by atoms with van der Waals surface area (Å²) < 4.78 is 15.3. The second-order valence-corrected chi connectivity index (χ2v) is 6.32. The lowest BCUT2D eigenvalue weighted by molar-refractivity contribution is 0.399. The molecule has 0 bridgehead atoms. The van der Waals surface area contributed by atoms with Crippen molar-refractivity contribution >= 4 is 11.5 Å². The van der Waals surface area contributed by atoms with Crippen LogP contribution < -0.4 is 10.6 Å². The Morgan fingerprint density at radius 1 is 1.00 bits per heavy atom. The summed E-state index contributed by atoms with van der Waals surface area (Å²) in [5, 5.41) is 0. The molecule has 0 unspecified atom stereocenters. The summed E-state index contributed by atoms with van der Waals surface area (Å²) in [5.74, 6) is 1.23. The molecule has 0 aliphatic carbocycles. The number of pyridine rings is 1. The molecule has 0 spiro atoms. The summed E-state index contributed by atoms with van der Waals surface area (Å²) in [6.45, 7) is 1.87.